The second kappa shape index (κ2) is 36.7. The molecule has 0 fully saturated rings. The van der Waals surface area contributed by atoms with Gasteiger partial charge in [0, 0.05) is 19.3 Å². The smallest absolute Gasteiger partial charge is 0.306 e. The second-order valence-electron chi connectivity index (χ2n) is 12.0. The fourth-order valence-corrected chi connectivity index (χ4v) is 4.67. The van der Waals surface area contributed by atoms with Gasteiger partial charge in [0.15, 0.2) is 6.10 Å². The van der Waals surface area contributed by atoms with Crippen LogP contribution in [0.3, 0.4) is 0 Å². The number of esters is 3. The van der Waals surface area contributed by atoms with Crippen molar-refractivity contribution in [1.29, 1.82) is 0 Å². The Morgan fingerprint density at radius 3 is 1.19 bits per heavy atom. The van der Waals surface area contributed by atoms with Crippen molar-refractivity contribution in [2.24, 2.45) is 0 Å². The van der Waals surface area contributed by atoms with E-state index in [1.54, 1.807) is 0 Å². The van der Waals surface area contributed by atoms with Gasteiger partial charge in [0.2, 0.25) is 0 Å². The molecule has 0 spiro atoms. The maximum Gasteiger partial charge on any atom is 0.306 e. The fourth-order valence-electron chi connectivity index (χ4n) is 4.67. The first-order valence-corrected chi connectivity index (χ1v) is 18.9. The van der Waals surface area contributed by atoms with Crippen LogP contribution in [0.1, 0.15) is 156 Å². The van der Waals surface area contributed by atoms with Gasteiger partial charge in [0.05, 0.1) is 0 Å². The van der Waals surface area contributed by atoms with Gasteiger partial charge in [-0.15, -0.1) is 0 Å². The van der Waals surface area contributed by atoms with Crippen LogP contribution in [0.15, 0.2) is 72.9 Å². The van der Waals surface area contributed by atoms with Gasteiger partial charge < -0.3 is 14.2 Å². The molecule has 272 valence electrons. The summed E-state index contributed by atoms with van der Waals surface area (Å²) in [5.41, 5.74) is 0. The van der Waals surface area contributed by atoms with Crippen molar-refractivity contribution >= 4 is 17.9 Å². The predicted molar refractivity (Wildman–Crippen MR) is 201 cm³/mol. The predicted octanol–water partition coefficient (Wildman–Crippen LogP) is 11.6. The van der Waals surface area contributed by atoms with E-state index in [0.29, 0.717) is 19.3 Å². The van der Waals surface area contributed by atoms with E-state index in [0.717, 1.165) is 109 Å². The van der Waals surface area contributed by atoms with Crippen LogP contribution in [0, 0.1) is 0 Å². The zero-order chi connectivity index (χ0) is 35.2. The standard InChI is InChI=1S/C42H68O6/c1-4-7-10-13-16-19-20-21-24-26-29-32-35-41(44)47-38-39(48-42(45)36-33-30-27-23-18-15-12-9-6-3)37-46-40(43)34-31-28-25-22-17-14-11-8-5-2/h7-12,16-19,22-23,39H,4-6,13-15,20-21,24-38H2,1-3H3/b10-7-,11-8-,12-9-,19-16-,22-17-,23-18-. The van der Waals surface area contributed by atoms with Gasteiger partial charge >= 0.3 is 17.9 Å². The lowest BCUT2D eigenvalue weighted by atomic mass is 10.1. The average Bonchev–Trinajstić information content (AvgIpc) is 3.08. The monoisotopic (exact) mass is 669 g/mol. The molecule has 1 unspecified atom stereocenters. The van der Waals surface area contributed by atoms with Crippen molar-refractivity contribution in [3.63, 3.8) is 0 Å². The van der Waals surface area contributed by atoms with Crippen molar-refractivity contribution in [1.82, 2.24) is 0 Å². The second-order valence-corrected chi connectivity index (χ2v) is 12.0. The Morgan fingerprint density at radius 2 is 0.750 bits per heavy atom. The highest BCUT2D eigenvalue weighted by Gasteiger charge is 2.19. The summed E-state index contributed by atoms with van der Waals surface area (Å²) < 4.78 is 16.5. The Labute approximate surface area is 293 Å². The lowest BCUT2D eigenvalue weighted by molar-refractivity contribution is -0.167. The number of unbranched alkanes of at least 4 members (excludes halogenated alkanes) is 9. The molecule has 0 saturated heterocycles. The maximum absolute atomic E-state index is 12.6. The van der Waals surface area contributed by atoms with Gasteiger partial charge in [-0.1, -0.05) is 113 Å². The van der Waals surface area contributed by atoms with E-state index < -0.39 is 6.10 Å². The van der Waals surface area contributed by atoms with E-state index in [2.05, 4.69) is 93.7 Å². The van der Waals surface area contributed by atoms with E-state index >= 15 is 0 Å². The minimum absolute atomic E-state index is 0.108. The SMILES string of the molecule is CC/C=C\C/C=C\CCCCCCCC(=O)OCC(COC(=O)CCCC/C=C\C/C=C\CC)OC(=O)CCCC/C=C\C/C=C\CC. The molecular weight excluding hydrogens is 600 g/mol. The summed E-state index contributed by atoms with van der Waals surface area (Å²) in [5, 5.41) is 0. The Balaban J connectivity index is 4.48. The number of ether oxygens (including phenoxy) is 3. The van der Waals surface area contributed by atoms with Crippen molar-refractivity contribution in [3.05, 3.63) is 72.9 Å². The molecule has 0 saturated carbocycles. The highest BCUT2D eigenvalue weighted by molar-refractivity contribution is 5.71. The third kappa shape index (κ3) is 34.2. The molecule has 0 aromatic heterocycles. The molecule has 0 N–H and O–H groups in total. The Morgan fingerprint density at radius 1 is 0.417 bits per heavy atom. The molecule has 0 aromatic rings. The third-order valence-corrected chi connectivity index (χ3v) is 7.44. The van der Waals surface area contributed by atoms with E-state index in [1.807, 2.05) is 0 Å². The molecule has 6 nitrogen and oxygen atoms in total. The molecule has 0 aromatic carbocycles. The van der Waals surface area contributed by atoms with Gasteiger partial charge in [0.1, 0.15) is 13.2 Å². The molecule has 0 aliphatic carbocycles. The van der Waals surface area contributed by atoms with Crippen molar-refractivity contribution < 1.29 is 28.6 Å². The highest BCUT2D eigenvalue weighted by atomic mass is 16.6. The molecule has 0 aliphatic heterocycles. The quantitative estimate of drug-likeness (QED) is 0.0307. The molecule has 48 heavy (non-hydrogen) atoms. The van der Waals surface area contributed by atoms with E-state index in [-0.39, 0.29) is 37.5 Å². The van der Waals surface area contributed by atoms with Crippen LogP contribution in [0.5, 0.6) is 0 Å². The fraction of sp³-hybridized carbons (Fsp3) is 0.643. The van der Waals surface area contributed by atoms with Crippen LogP contribution in [-0.2, 0) is 28.6 Å². The van der Waals surface area contributed by atoms with E-state index in [9.17, 15) is 14.4 Å². The number of hydrogen-bond acceptors (Lipinski definition) is 6. The lowest BCUT2D eigenvalue weighted by Gasteiger charge is -2.18. The van der Waals surface area contributed by atoms with E-state index in [4.69, 9.17) is 14.2 Å². The maximum atomic E-state index is 12.6. The summed E-state index contributed by atoms with van der Waals surface area (Å²) in [6, 6.07) is 0. The van der Waals surface area contributed by atoms with Gasteiger partial charge in [0.25, 0.3) is 0 Å². The average molecular weight is 669 g/mol. The van der Waals surface area contributed by atoms with Crippen molar-refractivity contribution in [3.8, 4) is 0 Å². The van der Waals surface area contributed by atoms with Gasteiger partial charge in [-0.25, -0.2) is 0 Å². The summed E-state index contributed by atoms with van der Waals surface area (Å²) in [7, 11) is 0. The Kier molecular flexibility index (Phi) is 34.3. The number of carbonyl (C=O) groups excluding carboxylic acids is 3. The zero-order valence-corrected chi connectivity index (χ0v) is 30.7. The Hall–Kier alpha value is -3.15. The van der Waals surface area contributed by atoms with Gasteiger partial charge in [-0.2, -0.15) is 0 Å². The van der Waals surface area contributed by atoms with Crippen molar-refractivity contribution in [2.45, 2.75) is 162 Å². The minimum atomic E-state index is -0.805. The molecule has 0 rings (SSSR count). The van der Waals surface area contributed by atoms with Crippen molar-refractivity contribution in [2.75, 3.05) is 13.2 Å². The number of allylic oxidation sites excluding steroid dienone is 12. The number of hydrogen-bond donors (Lipinski definition) is 0. The zero-order valence-electron chi connectivity index (χ0n) is 30.7. The summed E-state index contributed by atoms with van der Waals surface area (Å²) in [6.07, 6.45) is 43.4. The molecule has 0 bridgehead atoms. The lowest BCUT2D eigenvalue weighted by Crippen LogP contribution is -2.30. The number of carbonyl (C=O) groups is 3. The third-order valence-electron chi connectivity index (χ3n) is 7.44. The molecule has 0 aliphatic rings. The highest BCUT2D eigenvalue weighted by Crippen LogP contribution is 2.11. The molecule has 0 heterocycles. The topological polar surface area (TPSA) is 78.9 Å². The van der Waals surface area contributed by atoms with Crippen LogP contribution in [0.2, 0.25) is 0 Å². The summed E-state index contributed by atoms with van der Waals surface area (Å²) >= 11 is 0. The Bertz CT molecular complexity index is 955. The van der Waals surface area contributed by atoms with E-state index in [1.165, 1.54) is 0 Å². The van der Waals surface area contributed by atoms with Crippen LogP contribution >= 0.6 is 0 Å². The minimum Gasteiger partial charge on any atom is -0.462 e. The summed E-state index contributed by atoms with van der Waals surface area (Å²) in [4.78, 5) is 37.3. The number of rotatable bonds is 32. The first-order chi connectivity index (χ1) is 23.5. The van der Waals surface area contributed by atoms with Gasteiger partial charge in [-0.3, -0.25) is 14.4 Å². The summed E-state index contributed by atoms with van der Waals surface area (Å²) in [5.74, 6) is -1.01. The first kappa shape index (κ1) is 44.9. The molecule has 1 atom stereocenters. The van der Waals surface area contributed by atoms with Crippen LogP contribution < -0.4 is 0 Å². The van der Waals surface area contributed by atoms with Crippen LogP contribution in [-0.4, -0.2) is 37.2 Å². The van der Waals surface area contributed by atoms with Crippen LogP contribution in [0.4, 0.5) is 0 Å². The van der Waals surface area contributed by atoms with Gasteiger partial charge in [-0.05, 0) is 96.3 Å². The molecule has 6 heteroatoms. The normalized spacial score (nSPS) is 12.8. The molecule has 0 amide bonds. The first-order valence-electron chi connectivity index (χ1n) is 18.9. The molecule has 0 radical (unpaired) electrons. The largest absolute Gasteiger partial charge is 0.462 e. The summed E-state index contributed by atoms with van der Waals surface area (Å²) in [6.45, 7) is 6.15. The van der Waals surface area contributed by atoms with Crippen LogP contribution in [0.25, 0.3) is 0 Å². The molecular formula is C42H68O6.